The lowest BCUT2D eigenvalue weighted by Crippen LogP contribution is -2.55. The quantitative estimate of drug-likeness (QED) is 0.488. The van der Waals surface area contributed by atoms with E-state index in [0.29, 0.717) is 35.7 Å². The van der Waals surface area contributed by atoms with Crippen molar-refractivity contribution in [2.24, 2.45) is 5.92 Å². The lowest BCUT2D eigenvalue weighted by atomic mass is 9.95. The van der Waals surface area contributed by atoms with Crippen LogP contribution in [-0.4, -0.2) is 95.9 Å². The third-order valence-corrected chi connectivity index (χ3v) is 9.07. The van der Waals surface area contributed by atoms with Crippen LogP contribution in [0, 0.1) is 11.7 Å². The maximum atomic E-state index is 15.2. The molecule has 0 spiro atoms. The number of aliphatic hydroxyl groups excluding tert-OH is 1. The number of anilines is 2. The standard InChI is InChI=1S/C30H36FN5O5/c31-24-16-23-21(18-36(29(23)39)25-5-6-27(37)32-28(25)38)15-26(24)35-9-7-19(8-10-35)17-33-11-13-34(14-12-33)22-3-1-20(2-4-22)30(40)41/h1-4,15-16,19,25,28,38H,5-14,17-18H2,(H,32,37)(H,40,41). The van der Waals surface area contributed by atoms with E-state index in [2.05, 4.69) is 20.0 Å². The molecule has 11 heteroatoms. The Labute approximate surface area is 238 Å². The van der Waals surface area contributed by atoms with Crippen LogP contribution in [0.15, 0.2) is 36.4 Å². The Morgan fingerprint density at radius 2 is 1.66 bits per heavy atom. The molecule has 0 aromatic heterocycles. The van der Waals surface area contributed by atoms with Crippen molar-refractivity contribution in [1.82, 2.24) is 15.1 Å². The molecule has 41 heavy (non-hydrogen) atoms. The largest absolute Gasteiger partial charge is 0.478 e. The number of nitrogens with one attached hydrogen (secondary N) is 1. The SMILES string of the molecule is O=C1CCC(N2Cc3cc(N4CCC(CN5CCN(c6ccc(C(=O)O)cc6)CC5)CC4)c(F)cc3C2=O)C(O)N1. The number of benzene rings is 2. The summed E-state index contributed by atoms with van der Waals surface area (Å²) in [6, 6.07) is 9.65. The van der Waals surface area contributed by atoms with Crippen molar-refractivity contribution in [1.29, 1.82) is 0 Å². The zero-order valence-corrected chi connectivity index (χ0v) is 23.0. The van der Waals surface area contributed by atoms with Gasteiger partial charge in [-0.3, -0.25) is 14.5 Å². The predicted molar refractivity (Wildman–Crippen MR) is 150 cm³/mol. The van der Waals surface area contributed by atoms with E-state index >= 15 is 4.39 Å². The summed E-state index contributed by atoms with van der Waals surface area (Å²) < 4.78 is 15.2. The summed E-state index contributed by atoms with van der Waals surface area (Å²) in [7, 11) is 0. The molecule has 4 heterocycles. The highest BCUT2D eigenvalue weighted by atomic mass is 19.1. The third kappa shape index (κ3) is 5.60. The number of carboxylic acids is 1. The van der Waals surface area contributed by atoms with Gasteiger partial charge >= 0.3 is 5.97 Å². The molecule has 0 bridgehead atoms. The number of halogens is 1. The van der Waals surface area contributed by atoms with Crippen LogP contribution in [0.2, 0.25) is 0 Å². The van der Waals surface area contributed by atoms with Gasteiger partial charge < -0.3 is 30.2 Å². The fourth-order valence-electron chi connectivity index (χ4n) is 6.68. The number of aliphatic hydroxyl groups is 1. The molecule has 6 rings (SSSR count). The highest BCUT2D eigenvalue weighted by Crippen LogP contribution is 2.34. The van der Waals surface area contributed by atoms with Crippen molar-refractivity contribution >= 4 is 29.2 Å². The number of carboxylic acid groups (broad SMARTS) is 1. The zero-order valence-electron chi connectivity index (χ0n) is 23.0. The second-order valence-electron chi connectivity index (χ2n) is 11.6. The molecular formula is C30H36FN5O5. The van der Waals surface area contributed by atoms with Crippen molar-refractivity contribution < 1.29 is 29.0 Å². The van der Waals surface area contributed by atoms with E-state index < -0.39 is 24.1 Å². The topological polar surface area (TPSA) is 117 Å². The number of piperidine rings is 2. The summed E-state index contributed by atoms with van der Waals surface area (Å²) in [5.74, 6) is -1.32. The summed E-state index contributed by atoms with van der Waals surface area (Å²) in [5.41, 5.74) is 2.96. The molecule has 2 aromatic rings. The molecule has 2 atom stereocenters. The van der Waals surface area contributed by atoms with Gasteiger partial charge in [-0.1, -0.05) is 0 Å². The number of rotatable bonds is 6. The van der Waals surface area contributed by atoms with Crippen molar-refractivity contribution in [3.05, 3.63) is 58.9 Å². The zero-order chi connectivity index (χ0) is 28.7. The van der Waals surface area contributed by atoms with Crippen LogP contribution in [0.25, 0.3) is 0 Å². The van der Waals surface area contributed by atoms with Gasteiger partial charge in [-0.15, -0.1) is 0 Å². The van der Waals surface area contributed by atoms with Crippen LogP contribution >= 0.6 is 0 Å². The van der Waals surface area contributed by atoms with Gasteiger partial charge in [0.05, 0.1) is 17.3 Å². The Morgan fingerprint density at radius 3 is 2.32 bits per heavy atom. The highest BCUT2D eigenvalue weighted by molar-refractivity contribution is 5.99. The van der Waals surface area contributed by atoms with E-state index in [9.17, 15) is 19.5 Å². The molecular weight excluding hydrogens is 529 g/mol. The average molecular weight is 566 g/mol. The molecule has 3 N–H and O–H groups in total. The second-order valence-corrected chi connectivity index (χ2v) is 11.6. The minimum Gasteiger partial charge on any atom is -0.478 e. The van der Waals surface area contributed by atoms with Gasteiger partial charge in [0, 0.05) is 70.0 Å². The lowest BCUT2D eigenvalue weighted by molar-refractivity contribution is -0.129. The Bertz CT molecular complexity index is 1320. The van der Waals surface area contributed by atoms with E-state index in [0.717, 1.165) is 69.9 Å². The van der Waals surface area contributed by atoms with E-state index in [1.165, 1.54) is 6.07 Å². The number of carbonyl (C=O) groups excluding carboxylic acids is 2. The lowest BCUT2D eigenvalue weighted by Gasteiger charge is -2.40. The van der Waals surface area contributed by atoms with Gasteiger partial charge in [0.2, 0.25) is 5.91 Å². The molecule has 0 aliphatic carbocycles. The first-order valence-electron chi connectivity index (χ1n) is 14.4. The first-order valence-corrected chi connectivity index (χ1v) is 14.4. The number of amides is 2. The van der Waals surface area contributed by atoms with E-state index in [1.54, 1.807) is 23.1 Å². The molecule has 4 aliphatic heterocycles. The second kappa shape index (κ2) is 11.3. The smallest absolute Gasteiger partial charge is 0.335 e. The third-order valence-electron chi connectivity index (χ3n) is 9.07. The number of carbonyl (C=O) groups is 3. The van der Waals surface area contributed by atoms with Crippen LogP contribution in [0.3, 0.4) is 0 Å². The van der Waals surface area contributed by atoms with Gasteiger partial charge in [-0.05, 0) is 67.1 Å². The predicted octanol–water partition coefficient (Wildman–Crippen LogP) is 2.12. The Hall–Kier alpha value is -3.70. The first-order chi connectivity index (χ1) is 19.8. The molecule has 0 saturated carbocycles. The number of aromatic carboxylic acids is 1. The summed E-state index contributed by atoms with van der Waals surface area (Å²) in [6.07, 6.45) is 1.43. The molecule has 2 aromatic carbocycles. The van der Waals surface area contributed by atoms with Crippen LogP contribution in [-0.2, 0) is 11.3 Å². The fraction of sp³-hybridized carbons (Fsp3) is 0.500. The van der Waals surface area contributed by atoms with Crippen molar-refractivity contribution in [2.75, 3.05) is 55.6 Å². The maximum Gasteiger partial charge on any atom is 0.335 e. The number of piperazine rings is 1. The molecule has 2 unspecified atom stereocenters. The molecule has 218 valence electrons. The summed E-state index contributed by atoms with van der Waals surface area (Å²) in [5, 5.41) is 21.9. The molecule has 0 radical (unpaired) electrons. The fourth-order valence-corrected chi connectivity index (χ4v) is 6.68. The molecule has 10 nitrogen and oxygen atoms in total. The van der Waals surface area contributed by atoms with E-state index in [4.69, 9.17) is 5.11 Å². The normalized spacial score (nSPS) is 24.0. The monoisotopic (exact) mass is 565 g/mol. The Kier molecular flexibility index (Phi) is 7.56. The van der Waals surface area contributed by atoms with Gasteiger partial charge in [-0.25, -0.2) is 9.18 Å². The van der Waals surface area contributed by atoms with Crippen molar-refractivity contribution in [2.45, 2.75) is 44.5 Å². The molecule has 3 fully saturated rings. The first kappa shape index (κ1) is 27.5. The minimum absolute atomic E-state index is 0.235. The van der Waals surface area contributed by atoms with E-state index in [1.807, 2.05) is 12.1 Å². The Balaban J connectivity index is 1.01. The van der Waals surface area contributed by atoms with Crippen molar-refractivity contribution in [3.8, 4) is 0 Å². The summed E-state index contributed by atoms with van der Waals surface area (Å²) in [4.78, 5) is 44.1. The molecule has 3 saturated heterocycles. The number of nitrogens with zero attached hydrogens (tertiary/aromatic N) is 4. The van der Waals surface area contributed by atoms with Gasteiger partial charge in [-0.2, -0.15) is 0 Å². The summed E-state index contributed by atoms with van der Waals surface area (Å²) >= 11 is 0. The minimum atomic E-state index is -1.12. The highest BCUT2D eigenvalue weighted by Gasteiger charge is 2.40. The Morgan fingerprint density at radius 1 is 0.951 bits per heavy atom. The van der Waals surface area contributed by atoms with Gasteiger partial charge in [0.15, 0.2) is 0 Å². The van der Waals surface area contributed by atoms with Crippen LogP contribution < -0.4 is 15.1 Å². The molecule has 4 aliphatic rings. The van der Waals surface area contributed by atoms with Crippen LogP contribution in [0.4, 0.5) is 15.8 Å². The van der Waals surface area contributed by atoms with Gasteiger partial charge in [0.1, 0.15) is 12.0 Å². The number of hydrogen-bond acceptors (Lipinski definition) is 7. The maximum absolute atomic E-state index is 15.2. The van der Waals surface area contributed by atoms with E-state index in [-0.39, 0.29) is 18.2 Å². The van der Waals surface area contributed by atoms with Crippen LogP contribution in [0.1, 0.15) is 52.0 Å². The molecule has 2 amide bonds. The average Bonchev–Trinajstić information content (AvgIpc) is 3.28. The van der Waals surface area contributed by atoms with Crippen LogP contribution in [0.5, 0.6) is 0 Å². The van der Waals surface area contributed by atoms with Gasteiger partial charge in [0.25, 0.3) is 5.91 Å². The number of fused-ring (bicyclic) bond motifs is 1. The summed E-state index contributed by atoms with van der Waals surface area (Å²) in [6.45, 7) is 6.50. The number of hydrogen-bond donors (Lipinski definition) is 3. The van der Waals surface area contributed by atoms with Crippen molar-refractivity contribution in [3.63, 3.8) is 0 Å².